The van der Waals surface area contributed by atoms with Crippen LogP contribution in [0.1, 0.15) is 29.6 Å². The largest absolute Gasteiger partial charge is 0.349 e. The lowest BCUT2D eigenvalue weighted by Gasteiger charge is -2.11. The number of halogens is 1. The number of nitro benzene ring substituents is 1. The molecule has 4 atom stereocenters. The van der Waals surface area contributed by atoms with Gasteiger partial charge in [-0.2, -0.15) is 0 Å². The van der Waals surface area contributed by atoms with Gasteiger partial charge < -0.3 is 5.32 Å². The maximum atomic E-state index is 13.7. The van der Waals surface area contributed by atoms with Crippen LogP contribution >= 0.6 is 0 Å². The van der Waals surface area contributed by atoms with Gasteiger partial charge >= 0.3 is 0 Å². The van der Waals surface area contributed by atoms with Crippen LogP contribution in [0.5, 0.6) is 0 Å². The third-order valence-electron chi connectivity index (χ3n) is 5.44. The maximum absolute atomic E-state index is 13.7. The van der Waals surface area contributed by atoms with E-state index in [-0.39, 0.29) is 17.3 Å². The number of non-ortho nitro benzene ring substituents is 1. The molecule has 0 aromatic heterocycles. The topological polar surface area (TPSA) is 72.2 Å². The fraction of sp³-hybridized carbons (Fsp3) is 0.533. The van der Waals surface area contributed by atoms with E-state index in [4.69, 9.17) is 0 Å². The summed E-state index contributed by atoms with van der Waals surface area (Å²) in [6.45, 7) is 0. The normalized spacial score (nSPS) is 35.4. The number of benzene rings is 1. The van der Waals surface area contributed by atoms with Crippen molar-refractivity contribution in [3.05, 3.63) is 39.7 Å². The summed E-state index contributed by atoms with van der Waals surface area (Å²) < 4.78 is 13.7. The molecule has 3 aliphatic rings. The van der Waals surface area contributed by atoms with Gasteiger partial charge in [-0.05, 0) is 49.0 Å². The van der Waals surface area contributed by atoms with Crippen molar-refractivity contribution < 1.29 is 14.1 Å². The standard InChI is InChI=1S/C15H15FN2O3/c16-11-4-3-9(18(20)21)6-10(11)15(19)17-14-12-7-1-2-8(5-7)13(12)14/h3-4,6-8,12-14H,1-2,5H2,(H,17,19). The Morgan fingerprint density at radius 1 is 1.29 bits per heavy atom. The number of carbonyl (C=O) groups excluding carboxylic acids is 1. The van der Waals surface area contributed by atoms with Gasteiger partial charge in [0.25, 0.3) is 11.6 Å². The van der Waals surface area contributed by atoms with Crippen LogP contribution in [-0.2, 0) is 0 Å². The number of nitro groups is 1. The van der Waals surface area contributed by atoms with Crippen molar-refractivity contribution in [3.8, 4) is 0 Å². The van der Waals surface area contributed by atoms with Crippen LogP contribution in [0.15, 0.2) is 18.2 Å². The predicted octanol–water partition coefficient (Wildman–Crippen LogP) is 2.51. The van der Waals surface area contributed by atoms with E-state index >= 15 is 0 Å². The summed E-state index contributed by atoms with van der Waals surface area (Å²) in [5, 5.41) is 13.6. The molecule has 0 saturated heterocycles. The zero-order valence-corrected chi connectivity index (χ0v) is 11.3. The highest BCUT2D eigenvalue weighted by molar-refractivity contribution is 5.95. The van der Waals surface area contributed by atoms with E-state index in [9.17, 15) is 19.3 Å². The molecule has 110 valence electrons. The zero-order valence-electron chi connectivity index (χ0n) is 11.3. The first-order chi connectivity index (χ1) is 10.1. The molecule has 4 unspecified atom stereocenters. The van der Waals surface area contributed by atoms with Crippen LogP contribution < -0.4 is 5.32 Å². The lowest BCUT2D eigenvalue weighted by atomic mass is 10.0. The van der Waals surface area contributed by atoms with Gasteiger partial charge in [0.15, 0.2) is 0 Å². The summed E-state index contributed by atoms with van der Waals surface area (Å²) in [4.78, 5) is 22.3. The molecule has 0 aliphatic heterocycles. The van der Waals surface area contributed by atoms with Crippen LogP contribution in [0.4, 0.5) is 10.1 Å². The lowest BCUT2D eigenvalue weighted by Crippen LogP contribution is -2.30. The number of fused-ring (bicyclic) bond motifs is 5. The molecule has 1 N–H and O–H groups in total. The van der Waals surface area contributed by atoms with E-state index in [1.165, 1.54) is 19.3 Å². The molecule has 2 bridgehead atoms. The summed E-state index contributed by atoms with van der Waals surface area (Å²) in [7, 11) is 0. The monoisotopic (exact) mass is 290 g/mol. The summed E-state index contributed by atoms with van der Waals surface area (Å²) in [6.07, 6.45) is 3.75. The molecule has 1 aromatic carbocycles. The quantitative estimate of drug-likeness (QED) is 0.686. The molecule has 0 spiro atoms. The van der Waals surface area contributed by atoms with Gasteiger partial charge in [-0.25, -0.2) is 4.39 Å². The van der Waals surface area contributed by atoms with Crippen molar-refractivity contribution in [1.82, 2.24) is 5.32 Å². The van der Waals surface area contributed by atoms with Crippen molar-refractivity contribution >= 4 is 11.6 Å². The summed E-state index contributed by atoms with van der Waals surface area (Å²) >= 11 is 0. The highest BCUT2D eigenvalue weighted by Crippen LogP contribution is 2.65. The van der Waals surface area contributed by atoms with Crippen LogP contribution in [0.3, 0.4) is 0 Å². The lowest BCUT2D eigenvalue weighted by molar-refractivity contribution is -0.384. The molecule has 3 fully saturated rings. The van der Waals surface area contributed by atoms with Crippen molar-refractivity contribution in [2.75, 3.05) is 0 Å². The Hall–Kier alpha value is -1.98. The Balaban J connectivity index is 1.51. The molecular formula is C15H15FN2O3. The number of hydrogen-bond acceptors (Lipinski definition) is 3. The molecule has 5 nitrogen and oxygen atoms in total. The first-order valence-electron chi connectivity index (χ1n) is 7.31. The van der Waals surface area contributed by atoms with Crippen LogP contribution in [0, 0.1) is 39.6 Å². The highest BCUT2D eigenvalue weighted by Gasteiger charge is 2.65. The molecule has 4 rings (SSSR count). The van der Waals surface area contributed by atoms with E-state index in [2.05, 4.69) is 5.32 Å². The number of hydrogen-bond donors (Lipinski definition) is 1. The Labute approximate surface area is 120 Å². The number of amides is 1. The number of nitrogens with one attached hydrogen (secondary N) is 1. The first-order valence-corrected chi connectivity index (χ1v) is 7.31. The minimum absolute atomic E-state index is 0.141. The molecule has 0 heterocycles. The second kappa shape index (κ2) is 4.26. The van der Waals surface area contributed by atoms with Crippen molar-refractivity contribution in [2.24, 2.45) is 23.7 Å². The molecule has 3 saturated carbocycles. The summed E-state index contributed by atoms with van der Waals surface area (Å²) in [5.41, 5.74) is -0.501. The van der Waals surface area contributed by atoms with Crippen molar-refractivity contribution in [1.29, 1.82) is 0 Å². The zero-order chi connectivity index (χ0) is 14.7. The van der Waals surface area contributed by atoms with Crippen LogP contribution in [0.2, 0.25) is 0 Å². The van der Waals surface area contributed by atoms with Crippen LogP contribution in [-0.4, -0.2) is 16.9 Å². The van der Waals surface area contributed by atoms with E-state index in [0.717, 1.165) is 18.2 Å². The second-order valence-electron chi connectivity index (χ2n) is 6.41. The molecule has 6 heteroatoms. The van der Waals surface area contributed by atoms with E-state index in [0.29, 0.717) is 23.7 Å². The second-order valence-corrected chi connectivity index (χ2v) is 6.41. The summed E-state index contributed by atoms with van der Waals surface area (Å²) in [6, 6.07) is 3.20. The molecule has 1 amide bonds. The Kier molecular flexibility index (Phi) is 2.58. The SMILES string of the molecule is O=C(NC1C2C3CCC(C3)C12)c1cc([N+](=O)[O-])ccc1F. The van der Waals surface area contributed by atoms with Gasteiger partial charge in [-0.3, -0.25) is 14.9 Å². The van der Waals surface area contributed by atoms with Gasteiger partial charge in [0.05, 0.1) is 10.5 Å². The molecule has 1 aromatic rings. The van der Waals surface area contributed by atoms with Crippen molar-refractivity contribution in [3.63, 3.8) is 0 Å². The third-order valence-corrected chi connectivity index (χ3v) is 5.44. The molecule has 3 aliphatic carbocycles. The number of rotatable bonds is 3. The fourth-order valence-corrected chi connectivity index (χ4v) is 4.55. The Morgan fingerprint density at radius 2 is 1.95 bits per heavy atom. The third kappa shape index (κ3) is 1.85. The van der Waals surface area contributed by atoms with Gasteiger partial charge in [0, 0.05) is 18.2 Å². The van der Waals surface area contributed by atoms with Gasteiger partial charge in [0.2, 0.25) is 0 Å². The number of nitrogens with zero attached hydrogens (tertiary/aromatic N) is 1. The predicted molar refractivity (Wildman–Crippen MR) is 72.1 cm³/mol. The van der Waals surface area contributed by atoms with Crippen LogP contribution in [0.25, 0.3) is 0 Å². The minimum Gasteiger partial charge on any atom is -0.349 e. The molecular weight excluding hydrogens is 275 g/mol. The van der Waals surface area contributed by atoms with E-state index in [1.807, 2.05) is 0 Å². The van der Waals surface area contributed by atoms with E-state index < -0.39 is 16.6 Å². The van der Waals surface area contributed by atoms with Gasteiger partial charge in [0.1, 0.15) is 5.82 Å². The number of carbonyl (C=O) groups is 1. The van der Waals surface area contributed by atoms with Crippen molar-refractivity contribution in [2.45, 2.75) is 25.3 Å². The minimum atomic E-state index is -0.716. The van der Waals surface area contributed by atoms with Gasteiger partial charge in [-0.15, -0.1) is 0 Å². The smallest absolute Gasteiger partial charge is 0.270 e. The fourth-order valence-electron chi connectivity index (χ4n) is 4.55. The Bertz CT molecular complexity index is 632. The Morgan fingerprint density at radius 3 is 2.57 bits per heavy atom. The summed E-state index contributed by atoms with van der Waals surface area (Å²) in [5.74, 6) is 1.27. The molecule has 21 heavy (non-hydrogen) atoms. The average molecular weight is 290 g/mol. The molecule has 0 radical (unpaired) electrons. The average Bonchev–Trinajstić information content (AvgIpc) is 2.83. The highest BCUT2D eigenvalue weighted by atomic mass is 19.1. The maximum Gasteiger partial charge on any atom is 0.270 e. The first kappa shape index (κ1) is 12.7. The van der Waals surface area contributed by atoms with E-state index in [1.54, 1.807) is 0 Å². The van der Waals surface area contributed by atoms with Gasteiger partial charge in [-0.1, -0.05) is 0 Å².